The molecule has 0 saturated heterocycles. The van der Waals surface area contributed by atoms with Crippen molar-refractivity contribution in [3.8, 4) is 17.2 Å². The van der Waals surface area contributed by atoms with Gasteiger partial charge in [-0.15, -0.1) is 0 Å². The van der Waals surface area contributed by atoms with Gasteiger partial charge in [-0.25, -0.2) is 0 Å². The minimum Gasteiger partial charge on any atom is -0.493 e. The second-order valence-corrected chi connectivity index (χ2v) is 4.90. The van der Waals surface area contributed by atoms with Gasteiger partial charge in [0.1, 0.15) is 0 Å². The summed E-state index contributed by atoms with van der Waals surface area (Å²) in [6, 6.07) is 3.55. The van der Waals surface area contributed by atoms with Crippen LogP contribution < -0.4 is 14.2 Å². The number of hydrogen-bond acceptors (Lipinski definition) is 4. The Balaban J connectivity index is 3.44. The molecule has 18 heavy (non-hydrogen) atoms. The fourth-order valence-electron chi connectivity index (χ4n) is 1.73. The molecule has 0 radical (unpaired) electrons. The second kappa shape index (κ2) is 5.48. The highest BCUT2D eigenvalue weighted by Gasteiger charge is 2.26. The van der Waals surface area contributed by atoms with Gasteiger partial charge in [0.05, 0.1) is 25.9 Å². The summed E-state index contributed by atoms with van der Waals surface area (Å²) in [6.07, 6.45) is -0.0212. The summed E-state index contributed by atoms with van der Waals surface area (Å²) in [5.74, 6) is 1.62. The summed E-state index contributed by atoms with van der Waals surface area (Å²) in [5.41, 5.74) is -0.335. The Labute approximate surface area is 108 Å². The Bertz CT molecular complexity index is 405. The molecule has 1 aromatic carbocycles. The van der Waals surface area contributed by atoms with Gasteiger partial charge in [-0.3, -0.25) is 0 Å². The van der Waals surface area contributed by atoms with E-state index < -0.39 is 5.60 Å². The van der Waals surface area contributed by atoms with Crippen LogP contribution in [0.2, 0.25) is 0 Å². The lowest BCUT2D eigenvalue weighted by molar-refractivity contribution is 0.0723. The van der Waals surface area contributed by atoms with Crippen LogP contribution in [0.1, 0.15) is 33.3 Å². The largest absolute Gasteiger partial charge is 0.493 e. The van der Waals surface area contributed by atoms with Crippen molar-refractivity contribution in [2.24, 2.45) is 0 Å². The van der Waals surface area contributed by atoms with E-state index in [0.717, 1.165) is 0 Å². The SMILES string of the molecule is COc1ccc(C(C)(C)O)c(OC(C)C)c1OC. The van der Waals surface area contributed by atoms with Crippen molar-refractivity contribution >= 4 is 0 Å². The summed E-state index contributed by atoms with van der Waals surface area (Å²) in [5, 5.41) is 10.2. The fourth-order valence-corrected chi connectivity index (χ4v) is 1.73. The smallest absolute Gasteiger partial charge is 0.203 e. The van der Waals surface area contributed by atoms with Crippen molar-refractivity contribution in [2.45, 2.75) is 39.4 Å². The van der Waals surface area contributed by atoms with Crippen molar-refractivity contribution in [1.82, 2.24) is 0 Å². The summed E-state index contributed by atoms with van der Waals surface area (Å²) in [7, 11) is 3.12. The number of methoxy groups -OCH3 is 2. The lowest BCUT2D eigenvalue weighted by Gasteiger charge is -2.25. The van der Waals surface area contributed by atoms with E-state index in [2.05, 4.69) is 0 Å². The van der Waals surface area contributed by atoms with Crippen molar-refractivity contribution in [2.75, 3.05) is 14.2 Å². The molecular weight excluding hydrogens is 232 g/mol. The molecule has 0 saturated carbocycles. The van der Waals surface area contributed by atoms with Crippen LogP contribution >= 0.6 is 0 Å². The first-order valence-corrected chi connectivity index (χ1v) is 5.95. The molecule has 0 amide bonds. The Morgan fingerprint density at radius 2 is 1.67 bits per heavy atom. The third kappa shape index (κ3) is 3.07. The van der Waals surface area contributed by atoms with Gasteiger partial charge in [0, 0.05) is 5.56 Å². The number of rotatable bonds is 5. The van der Waals surface area contributed by atoms with Crippen LogP contribution in [0.25, 0.3) is 0 Å². The molecule has 1 N–H and O–H groups in total. The summed E-state index contributed by atoms with van der Waals surface area (Å²) in [6.45, 7) is 7.27. The van der Waals surface area contributed by atoms with E-state index in [9.17, 15) is 5.11 Å². The van der Waals surface area contributed by atoms with E-state index in [-0.39, 0.29) is 6.10 Å². The van der Waals surface area contributed by atoms with Crippen LogP contribution in [-0.4, -0.2) is 25.4 Å². The van der Waals surface area contributed by atoms with Gasteiger partial charge in [0.25, 0.3) is 0 Å². The average molecular weight is 254 g/mol. The Morgan fingerprint density at radius 1 is 1.06 bits per heavy atom. The summed E-state index contributed by atoms with van der Waals surface area (Å²) >= 11 is 0. The van der Waals surface area contributed by atoms with E-state index in [1.54, 1.807) is 40.2 Å². The van der Waals surface area contributed by atoms with Crippen molar-refractivity contribution in [3.05, 3.63) is 17.7 Å². The zero-order valence-corrected chi connectivity index (χ0v) is 11.9. The lowest BCUT2D eigenvalue weighted by atomic mass is 9.96. The van der Waals surface area contributed by atoms with Crippen LogP contribution in [0.4, 0.5) is 0 Å². The highest BCUT2D eigenvalue weighted by atomic mass is 16.5. The van der Waals surface area contributed by atoms with Gasteiger partial charge in [0.2, 0.25) is 5.75 Å². The van der Waals surface area contributed by atoms with Crippen LogP contribution in [-0.2, 0) is 5.60 Å². The molecule has 0 bridgehead atoms. The minimum absolute atomic E-state index is 0.0212. The molecule has 0 fully saturated rings. The van der Waals surface area contributed by atoms with Gasteiger partial charge in [-0.1, -0.05) is 0 Å². The Hall–Kier alpha value is -1.42. The van der Waals surface area contributed by atoms with Crippen LogP contribution in [0.3, 0.4) is 0 Å². The maximum atomic E-state index is 10.2. The van der Waals surface area contributed by atoms with E-state index in [0.29, 0.717) is 22.8 Å². The third-order valence-electron chi connectivity index (χ3n) is 2.51. The molecule has 1 aromatic rings. The fraction of sp³-hybridized carbons (Fsp3) is 0.571. The molecule has 0 heterocycles. The van der Waals surface area contributed by atoms with E-state index in [1.165, 1.54) is 0 Å². The van der Waals surface area contributed by atoms with Crippen molar-refractivity contribution in [1.29, 1.82) is 0 Å². The Morgan fingerprint density at radius 3 is 2.06 bits per heavy atom. The van der Waals surface area contributed by atoms with Gasteiger partial charge >= 0.3 is 0 Å². The third-order valence-corrected chi connectivity index (χ3v) is 2.51. The number of ether oxygens (including phenoxy) is 3. The molecule has 0 atom stereocenters. The molecule has 4 nitrogen and oxygen atoms in total. The maximum Gasteiger partial charge on any atom is 0.203 e. The number of hydrogen-bond donors (Lipinski definition) is 1. The minimum atomic E-state index is -1.01. The predicted octanol–water partition coefficient (Wildman–Crippen LogP) is 2.72. The first kappa shape index (κ1) is 14.6. The van der Waals surface area contributed by atoms with E-state index >= 15 is 0 Å². The standard InChI is InChI=1S/C14H22O4/c1-9(2)18-12-10(14(3,4)15)7-8-11(16-5)13(12)17-6/h7-9,15H,1-6H3. The van der Waals surface area contributed by atoms with Crippen LogP contribution in [0, 0.1) is 0 Å². The topological polar surface area (TPSA) is 47.9 Å². The first-order chi connectivity index (χ1) is 8.31. The summed E-state index contributed by atoms with van der Waals surface area (Å²) < 4.78 is 16.4. The molecule has 0 aliphatic heterocycles. The number of benzene rings is 1. The molecule has 0 aromatic heterocycles. The molecule has 4 heteroatoms. The normalized spacial score (nSPS) is 11.6. The monoisotopic (exact) mass is 254 g/mol. The maximum absolute atomic E-state index is 10.2. The van der Waals surface area contributed by atoms with Crippen molar-refractivity contribution in [3.63, 3.8) is 0 Å². The van der Waals surface area contributed by atoms with Gasteiger partial charge < -0.3 is 19.3 Å². The average Bonchev–Trinajstić information content (AvgIpc) is 2.25. The second-order valence-electron chi connectivity index (χ2n) is 4.90. The molecule has 0 aliphatic carbocycles. The summed E-state index contributed by atoms with van der Waals surface area (Å²) in [4.78, 5) is 0. The zero-order valence-electron chi connectivity index (χ0n) is 11.9. The molecule has 1 rings (SSSR count). The molecule has 102 valence electrons. The highest BCUT2D eigenvalue weighted by Crippen LogP contribution is 2.44. The lowest BCUT2D eigenvalue weighted by Crippen LogP contribution is -2.19. The van der Waals surface area contributed by atoms with E-state index in [1.807, 2.05) is 13.8 Å². The predicted molar refractivity (Wildman–Crippen MR) is 70.6 cm³/mol. The Kier molecular flexibility index (Phi) is 4.46. The molecule has 0 spiro atoms. The van der Waals surface area contributed by atoms with Gasteiger partial charge in [-0.05, 0) is 39.8 Å². The van der Waals surface area contributed by atoms with Crippen LogP contribution in [0.15, 0.2) is 12.1 Å². The highest BCUT2D eigenvalue weighted by molar-refractivity contribution is 5.57. The molecule has 0 unspecified atom stereocenters. The van der Waals surface area contributed by atoms with Crippen LogP contribution in [0.5, 0.6) is 17.2 Å². The quantitative estimate of drug-likeness (QED) is 0.877. The zero-order chi connectivity index (χ0) is 13.9. The van der Waals surface area contributed by atoms with Crippen molar-refractivity contribution < 1.29 is 19.3 Å². The molecule has 0 aliphatic rings. The number of aliphatic hydroxyl groups is 1. The first-order valence-electron chi connectivity index (χ1n) is 5.95. The van der Waals surface area contributed by atoms with Gasteiger partial charge in [-0.2, -0.15) is 0 Å². The molecular formula is C14H22O4. The van der Waals surface area contributed by atoms with E-state index in [4.69, 9.17) is 14.2 Å². The van der Waals surface area contributed by atoms with Gasteiger partial charge in [0.15, 0.2) is 11.5 Å².